The summed E-state index contributed by atoms with van der Waals surface area (Å²) in [5.41, 5.74) is 0.769. The van der Waals surface area contributed by atoms with E-state index in [1.807, 2.05) is 66.9 Å². The molecule has 0 spiro atoms. The number of thioether (sulfide) groups is 1. The summed E-state index contributed by atoms with van der Waals surface area (Å²) in [6, 6.07) is 17.7. The second kappa shape index (κ2) is 7.31. The van der Waals surface area contributed by atoms with E-state index in [0.717, 1.165) is 21.3 Å². The molecule has 0 saturated carbocycles. The van der Waals surface area contributed by atoms with Crippen LogP contribution < -0.4 is 5.32 Å². The van der Waals surface area contributed by atoms with E-state index in [0.29, 0.717) is 11.1 Å². The van der Waals surface area contributed by atoms with E-state index in [1.165, 1.54) is 23.1 Å². The molecule has 1 amide bonds. The molecule has 1 unspecified atom stereocenters. The highest BCUT2D eigenvalue weighted by molar-refractivity contribution is 8.00. The van der Waals surface area contributed by atoms with Crippen LogP contribution in [0.4, 0.5) is 5.69 Å². The van der Waals surface area contributed by atoms with Crippen molar-refractivity contribution in [3.05, 3.63) is 60.0 Å². The number of carbonyl (C=O) groups excluding carboxylic acids is 1. The van der Waals surface area contributed by atoms with Gasteiger partial charge in [0.25, 0.3) is 11.1 Å². The third kappa shape index (κ3) is 3.63. The van der Waals surface area contributed by atoms with Gasteiger partial charge in [0.15, 0.2) is 0 Å². The minimum Gasteiger partial charge on any atom is -0.410 e. The van der Waals surface area contributed by atoms with Gasteiger partial charge in [-0.05, 0) is 41.3 Å². The lowest BCUT2D eigenvalue weighted by atomic mass is 10.1. The number of aromatic nitrogens is 2. The van der Waals surface area contributed by atoms with Gasteiger partial charge in [0.05, 0.1) is 10.1 Å². The van der Waals surface area contributed by atoms with E-state index in [9.17, 15) is 4.79 Å². The fraction of sp³-hybridized carbons (Fsp3) is 0.105. The zero-order valence-corrected chi connectivity index (χ0v) is 15.5. The SMILES string of the molecule is CC(Sc1nnc(-c2cccs2)o1)C(=O)Nc1ccc2ccccc2c1. The van der Waals surface area contributed by atoms with Gasteiger partial charge in [0.1, 0.15) is 0 Å². The van der Waals surface area contributed by atoms with E-state index in [1.54, 1.807) is 0 Å². The maximum atomic E-state index is 12.5. The number of hydrogen-bond donors (Lipinski definition) is 1. The van der Waals surface area contributed by atoms with Gasteiger partial charge in [-0.3, -0.25) is 4.79 Å². The molecule has 1 atom stereocenters. The van der Waals surface area contributed by atoms with Gasteiger partial charge in [0, 0.05) is 5.69 Å². The lowest BCUT2D eigenvalue weighted by Gasteiger charge is -2.10. The van der Waals surface area contributed by atoms with Crippen LogP contribution in [0.2, 0.25) is 0 Å². The Labute approximate surface area is 158 Å². The first kappa shape index (κ1) is 16.8. The summed E-state index contributed by atoms with van der Waals surface area (Å²) in [5, 5.41) is 15.2. The van der Waals surface area contributed by atoms with Gasteiger partial charge in [-0.15, -0.1) is 21.5 Å². The van der Waals surface area contributed by atoms with Crippen molar-refractivity contribution < 1.29 is 9.21 Å². The molecule has 0 fully saturated rings. The largest absolute Gasteiger partial charge is 0.410 e. The number of amides is 1. The molecule has 26 heavy (non-hydrogen) atoms. The monoisotopic (exact) mass is 381 g/mol. The van der Waals surface area contributed by atoms with Crippen LogP contribution in [-0.4, -0.2) is 21.4 Å². The Kier molecular flexibility index (Phi) is 4.73. The summed E-state index contributed by atoms with van der Waals surface area (Å²) in [7, 11) is 0. The lowest BCUT2D eigenvalue weighted by Crippen LogP contribution is -2.22. The molecule has 2 aromatic heterocycles. The molecule has 7 heteroatoms. The maximum absolute atomic E-state index is 12.5. The first-order valence-electron chi connectivity index (χ1n) is 8.03. The van der Waals surface area contributed by atoms with Gasteiger partial charge in [-0.2, -0.15) is 0 Å². The summed E-state index contributed by atoms with van der Waals surface area (Å²) in [4.78, 5) is 13.4. The molecule has 1 N–H and O–H groups in total. The fourth-order valence-corrected chi connectivity index (χ4v) is 3.80. The third-order valence-corrected chi connectivity index (χ3v) is 5.59. The van der Waals surface area contributed by atoms with Crippen molar-refractivity contribution in [3.8, 4) is 10.8 Å². The van der Waals surface area contributed by atoms with Crippen LogP contribution in [-0.2, 0) is 4.79 Å². The van der Waals surface area contributed by atoms with Crippen LogP contribution in [0.3, 0.4) is 0 Å². The van der Waals surface area contributed by atoms with Crippen LogP contribution in [0.5, 0.6) is 0 Å². The first-order chi connectivity index (χ1) is 12.7. The van der Waals surface area contributed by atoms with Crippen LogP contribution >= 0.6 is 23.1 Å². The smallest absolute Gasteiger partial charge is 0.277 e. The number of fused-ring (bicyclic) bond motifs is 1. The van der Waals surface area contributed by atoms with Gasteiger partial charge in [-0.25, -0.2) is 0 Å². The minimum atomic E-state index is -0.363. The van der Waals surface area contributed by atoms with Crippen LogP contribution in [0.15, 0.2) is 69.6 Å². The second-order valence-corrected chi connectivity index (χ2v) is 7.90. The first-order valence-corrected chi connectivity index (χ1v) is 9.79. The van der Waals surface area contributed by atoms with E-state index in [4.69, 9.17) is 4.42 Å². The van der Waals surface area contributed by atoms with Crippen molar-refractivity contribution in [2.75, 3.05) is 5.32 Å². The standard InChI is InChI=1S/C19H15N3O2S2/c1-12(26-19-22-21-18(24-19)16-7-4-10-25-16)17(23)20-15-9-8-13-5-2-3-6-14(13)11-15/h2-12H,1H3,(H,20,23). The molecular weight excluding hydrogens is 366 g/mol. The number of rotatable bonds is 5. The zero-order valence-electron chi connectivity index (χ0n) is 13.9. The average molecular weight is 381 g/mol. The van der Waals surface area contributed by atoms with Crippen molar-refractivity contribution in [3.63, 3.8) is 0 Å². The Balaban J connectivity index is 1.42. The molecule has 0 radical (unpaired) electrons. The highest BCUT2D eigenvalue weighted by Crippen LogP contribution is 2.29. The molecule has 0 bridgehead atoms. The third-order valence-electron chi connectivity index (χ3n) is 3.80. The molecular formula is C19H15N3O2S2. The van der Waals surface area contributed by atoms with E-state index in [-0.39, 0.29) is 11.2 Å². The van der Waals surface area contributed by atoms with Crippen molar-refractivity contribution in [2.45, 2.75) is 17.4 Å². The van der Waals surface area contributed by atoms with Gasteiger partial charge < -0.3 is 9.73 Å². The maximum Gasteiger partial charge on any atom is 0.277 e. The molecule has 4 aromatic rings. The summed E-state index contributed by atoms with van der Waals surface area (Å²) in [6.45, 7) is 1.82. The van der Waals surface area contributed by atoms with E-state index < -0.39 is 0 Å². The van der Waals surface area contributed by atoms with Crippen LogP contribution in [0.1, 0.15) is 6.92 Å². The van der Waals surface area contributed by atoms with Gasteiger partial charge in [0.2, 0.25) is 5.91 Å². The molecule has 4 rings (SSSR count). The fourth-order valence-electron chi connectivity index (χ4n) is 2.47. The number of hydrogen-bond acceptors (Lipinski definition) is 6. The number of thiophene rings is 1. The summed E-state index contributed by atoms with van der Waals surface area (Å²) >= 11 is 2.78. The van der Waals surface area contributed by atoms with E-state index in [2.05, 4.69) is 15.5 Å². The van der Waals surface area contributed by atoms with Crippen molar-refractivity contribution in [2.24, 2.45) is 0 Å². The number of nitrogens with zero attached hydrogens (tertiary/aromatic N) is 2. The predicted octanol–water partition coefficient (Wildman–Crippen LogP) is 5.07. The Bertz CT molecular complexity index is 1040. The Hall–Kier alpha value is -2.64. The van der Waals surface area contributed by atoms with E-state index >= 15 is 0 Å². The molecule has 0 aliphatic carbocycles. The Morgan fingerprint density at radius 1 is 1.12 bits per heavy atom. The number of anilines is 1. The second-order valence-electron chi connectivity index (χ2n) is 5.66. The highest BCUT2D eigenvalue weighted by Gasteiger charge is 2.19. The molecule has 130 valence electrons. The summed E-state index contributed by atoms with van der Waals surface area (Å²) < 4.78 is 5.63. The highest BCUT2D eigenvalue weighted by atomic mass is 32.2. The Morgan fingerprint density at radius 3 is 2.77 bits per heavy atom. The molecule has 5 nitrogen and oxygen atoms in total. The quantitative estimate of drug-likeness (QED) is 0.489. The molecule has 0 aliphatic rings. The molecule has 2 heterocycles. The van der Waals surface area contributed by atoms with Crippen LogP contribution in [0.25, 0.3) is 21.5 Å². The van der Waals surface area contributed by atoms with Crippen molar-refractivity contribution in [1.82, 2.24) is 10.2 Å². The number of benzene rings is 2. The lowest BCUT2D eigenvalue weighted by molar-refractivity contribution is -0.115. The molecule has 0 saturated heterocycles. The van der Waals surface area contributed by atoms with Crippen molar-refractivity contribution >= 4 is 45.5 Å². The molecule has 2 aromatic carbocycles. The topological polar surface area (TPSA) is 68.0 Å². The van der Waals surface area contributed by atoms with Gasteiger partial charge in [-0.1, -0.05) is 48.2 Å². The minimum absolute atomic E-state index is 0.110. The zero-order chi connectivity index (χ0) is 17.9. The number of carbonyl (C=O) groups is 1. The van der Waals surface area contributed by atoms with Gasteiger partial charge >= 0.3 is 0 Å². The average Bonchev–Trinajstić information content (AvgIpc) is 3.33. The Morgan fingerprint density at radius 2 is 1.96 bits per heavy atom. The van der Waals surface area contributed by atoms with Crippen molar-refractivity contribution in [1.29, 1.82) is 0 Å². The normalized spacial score (nSPS) is 12.2. The number of nitrogens with one attached hydrogen (secondary N) is 1. The van der Waals surface area contributed by atoms with Crippen LogP contribution in [0, 0.1) is 0 Å². The predicted molar refractivity (Wildman–Crippen MR) is 106 cm³/mol. The summed E-state index contributed by atoms with van der Waals surface area (Å²) in [5.74, 6) is 0.366. The molecule has 0 aliphatic heterocycles. The summed E-state index contributed by atoms with van der Waals surface area (Å²) in [6.07, 6.45) is 0.